The molecule has 3 heterocycles. The van der Waals surface area contributed by atoms with Crippen molar-refractivity contribution in [3.63, 3.8) is 0 Å². The second-order valence-corrected chi connectivity index (χ2v) is 4.44. The molecule has 1 N–H and O–H groups in total. The molecule has 0 spiro atoms. The molecule has 16 heavy (non-hydrogen) atoms. The van der Waals surface area contributed by atoms with E-state index in [4.69, 9.17) is 0 Å². The van der Waals surface area contributed by atoms with Crippen molar-refractivity contribution in [2.75, 3.05) is 32.7 Å². The number of hydrogen-bond acceptors (Lipinski definition) is 5. The van der Waals surface area contributed by atoms with Crippen LogP contribution in [-0.2, 0) is 0 Å². The molecule has 0 aromatic rings. The Balaban J connectivity index is 1.78. The minimum absolute atomic E-state index is 0.458. The molecule has 0 amide bonds. The fraction of sp³-hybridized carbons (Fsp3) is 0.636. The molecule has 1 atom stereocenters. The summed E-state index contributed by atoms with van der Waals surface area (Å²) in [6.07, 6.45) is 4.03. The SMILES string of the molecule is C[C@H]1CN=C2C=C(N3CCNCC3)N=CN21. The predicted molar refractivity (Wildman–Crippen MR) is 64.6 cm³/mol. The highest BCUT2D eigenvalue weighted by Gasteiger charge is 2.25. The Morgan fingerprint density at radius 3 is 3.00 bits per heavy atom. The van der Waals surface area contributed by atoms with E-state index in [0.29, 0.717) is 6.04 Å². The summed E-state index contributed by atoms with van der Waals surface area (Å²) in [5.74, 6) is 2.13. The highest BCUT2D eigenvalue weighted by molar-refractivity contribution is 6.03. The lowest BCUT2D eigenvalue weighted by molar-refractivity contribution is 0.296. The lowest BCUT2D eigenvalue weighted by Gasteiger charge is -2.32. The largest absolute Gasteiger partial charge is 0.354 e. The zero-order valence-corrected chi connectivity index (χ0v) is 9.56. The fourth-order valence-electron chi connectivity index (χ4n) is 2.26. The van der Waals surface area contributed by atoms with Crippen LogP contribution in [0, 0.1) is 0 Å². The number of nitrogens with zero attached hydrogens (tertiary/aromatic N) is 4. The predicted octanol–water partition coefficient (Wildman–Crippen LogP) is -0.123. The van der Waals surface area contributed by atoms with Crippen LogP contribution in [0.5, 0.6) is 0 Å². The molecule has 0 aromatic heterocycles. The van der Waals surface area contributed by atoms with Crippen LogP contribution in [0.2, 0.25) is 0 Å². The second-order valence-electron chi connectivity index (χ2n) is 4.44. The number of rotatable bonds is 1. The van der Waals surface area contributed by atoms with Crippen LogP contribution >= 0.6 is 0 Å². The molecule has 3 rings (SSSR count). The molecule has 5 heteroatoms. The van der Waals surface area contributed by atoms with Crippen molar-refractivity contribution in [1.82, 2.24) is 15.1 Å². The number of amidine groups is 1. The first-order valence-electron chi connectivity index (χ1n) is 5.89. The van der Waals surface area contributed by atoms with Crippen molar-refractivity contribution in [3.8, 4) is 0 Å². The molecule has 0 aliphatic carbocycles. The van der Waals surface area contributed by atoms with Crippen molar-refractivity contribution >= 4 is 12.2 Å². The average molecular weight is 219 g/mol. The summed E-state index contributed by atoms with van der Waals surface area (Å²) in [7, 11) is 0. The van der Waals surface area contributed by atoms with Gasteiger partial charge in [-0.25, -0.2) is 4.99 Å². The van der Waals surface area contributed by atoms with Gasteiger partial charge in [-0.05, 0) is 6.92 Å². The summed E-state index contributed by atoms with van der Waals surface area (Å²) in [6.45, 7) is 7.20. The molecule has 86 valence electrons. The first-order valence-corrected chi connectivity index (χ1v) is 5.89. The smallest absolute Gasteiger partial charge is 0.134 e. The van der Waals surface area contributed by atoms with Gasteiger partial charge in [0.2, 0.25) is 0 Å². The van der Waals surface area contributed by atoms with Crippen molar-refractivity contribution < 1.29 is 0 Å². The third-order valence-electron chi connectivity index (χ3n) is 3.27. The zero-order chi connectivity index (χ0) is 11.0. The van der Waals surface area contributed by atoms with Gasteiger partial charge in [-0.1, -0.05) is 0 Å². The van der Waals surface area contributed by atoms with E-state index < -0.39 is 0 Å². The van der Waals surface area contributed by atoms with Crippen molar-refractivity contribution in [2.45, 2.75) is 13.0 Å². The van der Waals surface area contributed by atoms with Crippen LogP contribution in [0.4, 0.5) is 0 Å². The van der Waals surface area contributed by atoms with Gasteiger partial charge in [-0.2, -0.15) is 0 Å². The molecule has 5 nitrogen and oxygen atoms in total. The Morgan fingerprint density at radius 1 is 1.38 bits per heavy atom. The summed E-state index contributed by atoms with van der Waals surface area (Å²) in [4.78, 5) is 13.5. The first kappa shape index (κ1) is 9.84. The number of fused-ring (bicyclic) bond motifs is 1. The maximum absolute atomic E-state index is 4.53. The molecule has 0 aromatic carbocycles. The van der Waals surface area contributed by atoms with E-state index in [1.54, 1.807) is 0 Å². The highest BCUT2D eigenvalue weighted by Crippen LogP contribution is 2.17. The van der Waals surface area contributed by atoms with Gasteiger partial charge in [0.25, 0.3) is 0 Å². The number of nitrogens with one attached hydrogen (secondary N) is 1. The Kier molecular flexibility index (Phi) is 2.40. The molecule has 0 saturated carbocycles. The molecule has 1 fully saturated rings. The minimum Gasteiger partial charge on any atom is -0.354 e. The normalized spacial score (nSPS) is 28.9. The zero-order valence-electron chi connectivity index (χ0n) is 9.56. The van der Waals surface area contributed by atoms with Gasteiger partial charge in [-0.15, -0.1) is 0 Å². The van der Waals surface area contributed by atoms with E-state index in [9.17, 15) is 0 Å². The maximum atomic E-state index is 4.53. The highest BCUT2D eigenvalue weighted by atomic mass is 15.3. The topological polar surface area (TPSA) is 43.2 Å². The minimum atomic E-state index is 0.458. The van der Waals surface area contributed by atoms with Crippen LogP contribution in [0.25, 0.3) is 0 Å². The Bertz CT molecular complexity index is 365. The monoisotopic (exact) mass is 219 g/mol. The van der Waals surface area contributed by atoms with Gasteiger partial charge in [0, 0.05) is 32.3 Å². The first-order chi connectivity index (χ1) is 7.84. The third-order valence-corrected chi connectivity index (χ3v) is 3.27. The van der Waals surface area contributed by atoms with Crippen LogP contribution in [0.15, 0.2) is 21.9 Å². The number of piperazine rings is 1. The van der Waals surface area contributed by atoms with E-state index in [2.05, 4.69) is 38.1 Å². The third kappa shape index (κ3) is 1.61. The van der Waals surface area contributed by atoms with Gasteiger partial charge in [0.15, 0.2) is 0 Å². The standard InChI is InChI=1S/C11H17N5/c1-9-7-13-11-6-10(14-8-16(9)11)15-4-2-12-3-5-15/h6,8-9,12H,2-5,7H2,1H3/t9-/m0/s1. The number of hydrogen-bond donors (Lipinski definition) is 1. The van der Waals surface area contributed by atoms with Crippen LogP contribution in [0.1, 0.15) is 6.92 Å². The maximum Gasteiger partial charge on any atom is 0.134 e. The molecule has 0 radical (unpaired) electrons. The second kappa shape index (κ2) is 3.90. The van der Waals surface area contributed by atoms with Gasteiger partial charge in [0.1, 0.15) is 11.7 Å². The van der Waals surface area contributed by atoms with E-state index in [1.165, 1.54) is 0 Å². The Labute approximate surface area is 95.5 Å². The van der Waals surface area contributed by atoms with Crippen LogP contribution in [-0.4, -0.2) is 60.7 Å². The van der Waals surface area contributed by atoms with Crippen molar-refractivity contribution in [2.24, 2.45) is 9.98 Å². The summed E-state index contributed by atoms with van der Waals surface area (Å²) in [5.41, 5.74) is 0. The molecule has 0 bridgehead atoms. The van der Waals surface area contributed by atoms with Gasteiger partial charge < -0.3 is 15.1 Å². The summed E-state index contributed by atoms with van der Waals surface area (Å²) < 4.78 is 0. The van der Waals surface area contributed by atoms with Crippen molar-refractivity contribution in [3.05, 3.63) is 11.9 Å². The van der Waals surface area contributed by atoms with Crippen LogP contribution in [0.3, 0.4) is 0 Å². The van der Waals surface area contributed by atoms with E-state index in [1.807, 2.05) is 6.34 Å². The molecule has 0 unspecified atom stereocenters. The molecule has 3 aliphatic heterocycles. The van der Waals surface area contributed by atoms with Gasteiger partial charge in [0.05, 0.1) is 18.9 Å². The fourth-order valence-corrected chi connectivity index (χ4v) is 2.26. The molecular formula is C11H17N5. The molecular weight excluding hydrogens is 202 g/mol. The van der Waals surface area contributed by atoms with Crippen LogP contribution < -0.4 is 5.32 Å². The Hall–Kier alpha value is -1.36. The molecule has 3 aliphatic rings. The van der Waals surface area contributed by atoms with E-state index in [0.717, 1.165) is 44.4 Å². The summed E-state index contributed by atoms with van der Waals surface area (Å²) in [6, 6.07) is 0.458. The van der Waals surface area contributed by atoms with E-state index in [-0.39, 0.29) is 0 Å². The summed E-state index contributed by atoms with van der Waals surface area (Å²) in [5, 5.41) is 3.35. The average Bonchev–Trinajstić information content (AvgIpc) is 2.72. The Morgan fingerprint density at radius 2 is 2.19 bits per heavy atom. The van der Waals surface area contributed by atoms with Gasteiger partial charge >= 0.3 is 0 Å². The quantitative estimate of drug-likeness (QED) is 0.668. The molecule has 1 saturated heterocycles. The van der Waals surface area contributed by atoms with E-state index >= 15 is 0 Å². The number of aliphatic imine (C=N–C) groups is 2. The lowest BCUT2D eigenvalue weighted by Crippen LogP contribution is -2.44. The van der Waals surface area contributed by atoms with Crippen molar-refractivity contribution in [1.29, 1.82) is 0 Å². The lowest BCUT2D eigenvalue weighted by atomic mass is 10.3. The van der Waals surface area contributed by atoms with Gasteiger partial charge in [-0.3, -0.25) is 4.99 Å². The summed E-state index contributed by atoms with van der Waals surface area (Å²) >= 11 is 0.